The second kappa shape index (κ2) is 9.30. The van der Waals surface area contributed by atoms with Crippen LogP contribution in [0.15, 0.2) is 24.3 Å². The third-order valence-corrected chi connectivity index (χ3v) is 14.0. The van der Waals surface area contributed by atoms with Crippen molar-refractivity contribution in [1.29, 1.82) is 0 Å². The van der Waals surface area contributed by atoms with Crippen LogP contribution in [0.1, 0.15) is 89.5 Å². The molecule has 4 heteroatoms. The molecule has 26 heavy (non-hydrogen) atoms. The van der Waals surface area contributed by atoms with Crippen LogP contribution in [0.3, 0.4) is 0 Å². The summed E-state index contributed by atoms with van der Waals surface area (Å²) in [6.07, 6.45) is 13.4. The summed E-state index contributed by atoms with van der Waals surface area (Å²) < 4.78 is 1.03. The summed E-state index contributed by atoms with van der Waals surface area (Å²) in [6, 6.07) is 7.11. The number of benzene rings is 1. The molecule has 0 unspecified atom stereocenters. The lowest BCUT2D eigenvalue weighted by atomic mass is 9.99. The Morgan fingerprint density at radius 1 is 0.885 bits per heavy atom. The van der Waals surface area contributed by atoms with Crippen LogP contribution in [0.2, 0.25) is 0 Å². The smallest absolute Gasteiger partial charge is 0.113 e. The summed E-state index contributed by atoms with van der Waals surface area (Å²) in [5.41, 5.74) is 3.87. The molecule has 0 saturated heterocycles. The molecule has 3 rings (SSSR count). The van der Waals surface area contributed by atoms with Gasteiger partial charge in [0.2, 0.25) is 0 Å². The van der Waals surface area contributed by atoms with E-state index in [9.17, 15) is 0 Å². The van der Waals surface area contributed by atoms with Gasteiger partial charge in [0.1, 0.15) is 4.73 Å². The molecule has 0 radical (unpaired) electrons. The molecule has 2 saturated carbocycles. The lowest BCUT2D eigenvalue weighted by Crippen LogP contribution is -2.29. The molecule has 2 fully saturated rings. The van der Waals surface area contributed by atoms with Crippen LogP contribution in [0.4, 0.5) is 5.69 Å². The van der Waals surface area contributed by atoms with Gasteiger partial charge in [-0.2, -0.15) is 0 Å². The van der Waals surface area contributed by atoms with Gasteiger partial charge in [-0.15, -0.1) is 0 Å². The molecule has 1 nitrogen and oxygen atoms in total. The Labute approximate surface area is 170 Å². The van der Waals surface area contributed by atoms with E-state index in [2.05, 4.69) is 43.4 Å². The highest BCUT2D eigenvalue weighted by molar-refractivity contribution is 8.28. The largest absolute Gasteiger partial charge is 0.346 e. The fraction of sp³-hybridized carbons (Fsp3) is 0.682. The van der Waals surface area contributed by atoms with E-state index in [4.69, 9.17) is 24.0 Å². The minimum Gasteiger partial charge on any atom is -0.346 e. The van der Waals surface area contributed by atoms with Gasteiger partial charge in [-0.25, -0.2) is 0 Å². The van der Waals surface area contributed by atoms with Gasteiger partial charge >= 0.3 is 0 Å². The second-order valence-corrected chi connectivity index (χ2v) is 14.3. The summed E-state index contributed by atoms with van der Waals surface area (Å²) in [6.45, 7) is 4.47. The topological polar surface area (TPSA) is 12.0 Å². The van der Waals surface area contributed by atoms with Gasteiger partial charge in [0.25, 0.3) is 0 Å². The van der Waals surface area contributed by atoms with Gasteiger partial charge < -0.3 is 5.32 Å². The number of hydrogen-bond donors (Lipinski definition) is 1. The first-order valence-corrected chi connectivity index (χ1v) is 13.9. The molecule has 0 amide bonds. The minimum atomic E-state index is -1.70. The maximum absolute atomic E-state index is 6.54. The Morgan fingerprint density at radius 2 is 1.35 bits per heavy atom. The number of nitrogens with one attached hydrogen (secondary N) is 1. The van der Waals surface area contributed by atoms with Crippen molar-refractivity contribution in [1.82, 2.24) is 0 Å². The lowest BCUT2D eigenvalue weighted by Gasteiger charge is -2.41. The molecule has 0 bridgehead atoms. The van der Waals surface area contributed by atoms with Gasteiger partial charge in [0.15, 0.2) is 0 Å². The molecule has 2 aliphatic rings. The third-order valence-electron chi connectivity index (χ3n) is 6.38. The first-order chi connectivity index (χ1) is 12.5. The minimum absolute atomic E-state index is 0.561. The van der Waals surface area contributed by atoms with Crippen LogP contribution in [-0.2, 0) is 11.8 Å². The fourth-order valence-corrected chi connectivity index (χ4v) is 11.0. The summed E-state index contributed by atoms with van der Waals surface area (Å²) in [7, 11) is 0. The maximum atomic E-state index is 6.54. The molecule has 1 aromatic carbocycles. The van der Waals surface area contributed by atoms with E-state index in [-0.39, 0.29) is 0 Å². The van der Waals surface area contributed by atoms with Crippen molar-refractivity contribution >= 4 is 40.5 Å². The predicted octanol–water partition coefficient (Wildman–Crippen LogP) is 7.65. The molecule has 144 valence electrons. The van der Waals surface area contributed by atoms with E-state index in [1.54, 1.807) is 0 Å². The van der Waals surface area contributed by atoms with Crippen molar-refractivity contribution in [3.63, 3.8) is 0 Å². The van der Waals surface area contributed by atoms with Gasteiger partial charge in [-0.1, -0.05) is 88.5 Å². The molecular formula is C22H34NPS2. The highest BCUT2D eigenvalue weighted by atomic mass is 32.4. The van der Waals surface area contributed by atoms with E-state index < -0.39 is 6.04 Å². The van der Waals surface area contributed by atoms with Crippen LogP contribution in [0, 0.1) is 0 Å². The van der Waals surface area contributed by atoms with Gasteiger partial charge in [-0.3, -0.25) is 0 Å². The fourth-order valence-electron chi connectivity index (χ4n) is 4.72. The molecular weight excluding hydrogens is 373 g/mol. The summed E-state index contributed by atoms with van der Waals surface area (Å²) in [5.74, 6) is 0.561. The zero-order valence-electron chi connectivity index (χ0n) is 16.4. The SMILES string of the molecule is CC(C)c1ccc(NC(=S)P(=S)(C2CCCCC2)C2CCCCC2)cc1. The van der Waals surface area contributed by atoms with Gasteiger partial charge in [-0.05, 0) is 60.6 Å². The number of hydrogen-bond acceptors (Lipinski definition) is 2. The molecule has 1 aromatic rings. The van der Waals surface area contributed by atoms with Crippen LogP contribution < -0.4 is 5.32 Å². The number of rotatable bonds is 5. The van der Waals surface area contributed by atoms with Crippen LogP contribution in [0.25, 0.3) is 0 Å². The molecule has 0 atom stereocenters. The number of thiocarbonyl (C=S) groups is 1. The highest BCUT2D eigenvalue weighted by Gasteiger charge is 2.40. The quantitative estimate of drug-likeness (QED) is 0.397. The van der Waals surface area contributed by atoms with Crippen molar-refractivity contribution in [2.45, 2.75) is 95.3 Å². The van der Waals surface area contributed by atoms with Crippen LogP contribution >= 0.6 is 18.3 Å². The predicted molar refractivity (Wildman–Crippen MR) is 125 cm³/mol. The lowest BCUT2D eigenvalue weighted by molar-refractivity contribution is 0.487. The molecule has 0 aliphatic heterocycles. The standard InChI is InChI=1S/C22H34NPS2/c1-17(2)18-13-15-19(16-14-18)23-22(25)24(26,20-9-5-3-6-10-20)21-11-7-4-8-12-21/h13-17,20-21H,3-12H2,1-2H3,(H,23,25). The molecule has 0 aromatic heterocycles. The van der Waals surface area contributed by atoms with E-state index in [0.29, 0.717) is 17.2 Å². The molecule has 0 heterocycles. The van der Waals surface area contributed by atoms with Crippen molar-refractivity contribution < 1.29 is 0 Å². The Kier molecular flexibility index (Phi) is 7.33. The van der Waals surface area contributed by atoms with E-state index in [1.807, 2.05) is 0 Å². The first-order valence-electron chi connectivity index (χ1n) is 10.5. The second-order valence-electron chi connectivity index (χ2n) is 8.50. The zero-order valence-corrected chi connectivity index (χ0v) is 18.9. The Morgan fingerprint density at radius 3 is 1.77 bits per heavy atom. The monoisotopic (exact) mass is 407 g/mol. The van der Waals surface area contributed by atoms with Crippen molar-refractivity contribution in [2.24, 2.45) is 0 Å². The highest BCUT2D eigenvalue weighted by Crippen LogP contribution is 2.64. The van der Waals surface area contributed by atoms with E-state index in [1.165, 1.54) is 69.8 Å². The van der Waals surface area contributed by atoms with Gasteiger partial charge in [0.05, 0.1) is 0 Å². The zero-order chi connectivity index (χ0) is 18.6. The Bertz CT molecular complexity index is 619. The maximum Gasteiger partial charge on any atom is 0.113 e. The van der Waals surface area contributed by atoms with Crippen molar-refractivity contribution in [3.05, 3.63) is 29.8 Å². The average molecular weight is 408 g/mol. The van der Waals surface area contributed by atoms with Gasteiger partial charge in [0, 0.05) is 11.7 Å². The van der Waals surface area contributed by atoms with Crippen molar-refractivity contribution in [3.8, 4) is 0 Å². The van der Waals surface area contributed by atoms with E-state index >= 15 is 0 Å². The number of anilines is 1. The van der Waals surface area contributed by atoms with Crippen molar-refractivity contribution in [2.75, 3.05) is 5.32 Å². The van der Waals surface area contributed by atoms with E-state index in [0.717, 1.165) is 10.4 Å². The van der Waals surface area contributed by atoms with Crippen LogP contribution in [-0.4, -0.2) is 16.0 Å². The summed E-state index contributed by atoms with van der Waals surface area (Å²) in [5, 5.41) is 3.62. The average Bonchev–Trinajstić information content (AvgIpc) is 2.69. The Hall–Kier alpha value is -0.240. The molecule has 2 aliphatic carbocycles. The van der Waals surface area contributed by atoms with Crippen LogP contribution in [0.5, 0.6) is 0 Å². The molecule has 1 N–H and O–H groups in total. The first kappa shape index (κ1) is 20.5. The Balaban J connectivity index is 1.80. The third kappa shape index (κ3) is 4.59. The summed E-state index contributed by atoms with van der Waals surface area (Å²) in [4.78, 5) is 0. The summed E-state index contributed by atoms with van der Waals surface area (Å²) >= 11 is 12.6. The molecule has 0 spiro atoms. The normalized spacial score (nSPS) is 20.3.